The summed E-state index contributed by atoms with van der Waals surface area (Å²) in [5, 5.41) is 0.581. The standard InChI is InChI=1S/C22H28ClN3O3S/c1-14-13-15(2)17(4)21(16(14)3)30(28,29)26-11-9-25(10-12-26)20(22(24)27)18-5-7-19(23)8-6-18/h5-8,13,20H,9-12H2,1-4H3,(H2,24,27). The van der Waals surface area contributed by atoms with Crippen molar-refractivity contribution in [1.29, 1.82) is 0 Å². The molecule has 0 radical (unpaired) electrons. The number of piperazine rings is 1. The molecule has 8 heteroatoms. The number of aryl methyl sites for hydroxylation is 2. The first-order valence-corrected chi connectivity index (χ1v) is 11.7. The summed E-state index contributed by atoms with van der Waals surface area (Å²) in [6.07, 6.45) is 0. The summed E-state index contributed by atoms with van der Waals surface area (Å²) < 4.78 is 28.4. The average molecular weight is 450 g/mol. The second-order valence-electron chi connectivity index (χ2n) is 7.89. The Morgan fingerprint density at radius 2 is 1.47 bits per heavy atom. The Labute approximate surface area is 183 Å². The van der Waals surface area contributed by atoms with Crippen LogP contribution in [0, 0.1) is 27.7 Å². The molecule has 0 aromatic heterocycles. The van der Waals surface area contributed by atoms with Gasteiger partial charge in [-0.15, -0.1) is 0 Å². The largest absolute Gasteiger partial charge is 0.368 e. The van der Waals surface area contributed by atoms with Gasteiger partial charge in [-0.3, -0.25) is 9.69 Å². The number of carbonyl (C=O) groups is 1. The lowest BCUT2D eigenvalue weighted by atomic mass is 10.0. The molecular formula is C22H28ClN3O3S. The number of halogens is 1. The van der Waals surface area contributed by atoms with Gasteiger partial charge in [0.15, 0.2) is 0 Å². The maximum absolute atomic E-state index is 13.5. The molecule has 162 valence electrons. The van der Waals surface area contributed by atoms with Gasteiger partial charge in [-0.1, -0.05) is 29.8 Å². The minimum Gasteiger partial charge on any atom is -0.368 e. The van der Waals surface area contributed by atoms with Gasteiger partial charge in [0.1, 0.15) is 6.04 Å². The van der Waals surface area contributed by atoms with Crippen molar-refractivity contribution in [2.75, 3.05) is 26.2 Å². The fourth-order valence-electron chi connectivity index (χ4n) is 4.10. The highest BCUT2D eigenvalue weighted by molar-refractivity contribution is 7.89. The van der Waals surface area contributed by atoms with E-state index in [1.807, 2.05) is 38.7 Å². The second kappa shape index (κ2) is 8.67. The number of amides is 1. The molecule has 1 aliphatic heterocycles. The second-order valence-corrected chi connectivity index (χ2v) is 10.2. The lowest BCUT2D eigenvalue weighted by Crippen LogP contribution is -2.51. The highest BCUT2D eigenvalue weighted by atomic mass is 35.5. The Balaban J connectivity index is 1.84. The van der Waals surface area contributed by atoms with Gasteiger partial charge in [0.25, 0.3) is 0 Å². The topological polar surface area (TPSA) is 83.7 Å². The number of hydrogen-bond donors (Lipinski definition) is 1. The molecule has 2 N–H and O–H groups in total. The Bertz CT molecular complexity index is 1030. The molecule has 1 amide bonds. The van der Waals surface area contributed by atoms with Crippen LogP contribution in [0.2, 0.25) is 5.02 Å². The van der Waals surface area contributed by atoms with Crippen LogP contribution in [-0.2, 0) is 14.8 Å². The van der Waals surface area contributed by atoms with Crippen molar-refractivity contribution < 1.29 is 13.2 Å². The molecule has 1 fully saturated rings. The Hall–Kier alpha value is -1.93. The number of rotatable bonds is 5. The molecule has 30 heavy (non-hydrogen) atoms. The van der Waals surface area contributed by atoms with Gasteiger partial charge >= 0.3 is 0 Å². The van der Waals surface area contributed by atoms with E-state index in [0.717, 1.165) is 27.8 Å². The van der Waals surface area contributed by atoms with Gasteiger partial charge in [0.2, 0.25) is 15.9 Å². The number of nitrogens with two attached hydrogens (primary N) is 1. The minimum atomic E-state index is -3.63. The van der Waals surface area contributed by atoms with E-state index in [2.05, 4.69) is 0 Å². The van der Waals surface area contributed by atoms with Crippen molar-refractivity contribution in [3.8, 4) is 0 Å². The van der Waals surface area contributed by atoms with Crippen LogP contribution in [0.1, 0.15) is 33.9 Å². The van der Waals surface area contributed by atoms with E-state index in [0.29, 0.717) is 36.1 Å². The van der Waals surface area contributed by atoms with Crippen LogP contribution in [0.3, 0.4) is 0 Å². The van der Waals surface area contributed by atoms with E-state index in [1.165, 1.54) is 4.31 Å². The summed E-state index contributed by atoms with van der Waals surface area (Å²) in [7, 11) is -3.63. The highest BCUT2D eigenvalue weighted by Gasteiger charge is 2.35. The lowest BCUT2D eigenvalue weighted by Gasteiger charge is -2.38. The number of sulfonamides is 1. The zero-order valence-corrected chi connectivity index (χ0v) is 19.3. The van der Waals surface area contributed by atoms with Crippen LogP contribution in [-0.4, -0.2) is 49.7 Å². The van der Waals surface area contributed by atoms with E-state index in [-0.39, 0.29) is 0 Å². The smallest absolute Gasteiger partial charge is 0.243 e. The molecule has 1 unspecified atom stereocenters. The van der Waals surface area contributed by atoms with E-state index < -0.39 is 22.0 Å². The van der Waals surface area contributed by atoms with Crippen molar-refractivity contribution in [3.63, 3.8) is 0 Å². The summed E-state index contributed by atoms with van der Waals surface area (Å²) >= 11 is 5.95. The Kier molecular flexibility index (Phi) is 6.57. The van der Waals surface area contributed by atoms with Crippen LogP contribution in [0.4, 0.5) is 0 Å². The van der Waals surface area contributed by atoms with Gasteiger partial charge in [-0.25, -0.2) is 8.42 Å². The summed E-state index contributed by atoms with van der Waals surface area (Å²) in [6.45, 7) is 9.00. The predicted molar refractivity (Wildman–Crippen MR) is 119 cm³/mol. The van der Waals surface area contributed by atoms with Crippen LogP contribution >= 0.6 is 11.6 Å². The molecule has 0 saturated carbocycles. The molecule has 0 bridgehead atoms. The summed E-state index contributed by atoms with van der Waals surface area (Å²) in [4.78, 5) is 14.5. The third-order valence-electron chi connectivity index (χ3n) is 5.99. The van der Waals surface area contributed by atoms with Crippen molar-refractivity contribution in [1.82, 2.24) is 9.21 Å². The lowest BCUT2D eigenvalue weighted by molar-refractivity contribution is -0.124. The van der Waals surface area contributed by atoms with Gasteiger partial charge in [0, 0.05) is 31.2 Å². The van der Waals surface area contributed by atoms with Gasteiger partial charge < -0.3 is 5.73 Å². The third-order valence-corrected chi connectivity index (χ3v) is 8.41. The number of carbonyl (C=O) groups excluding carboxylic acids is 1. The van der Waals surface area contributed by atoms with Crippen molar-refractivity contribution in [2.24, 2.45) is 5.73 Å². The summed E-state index contributed by atoms with van der Waals surface area (Å²) in [5.74, 6) is -0.463. The van der Waals surface area contributed by atoms with Crippen LogP contribution < -0.4 is 5.73 Å². The number of hydrogen-bond acceptors (Lipinski definition) is 4. The first-order valence-electron chi connectivity index (χ1n) is 9.90. The normalized spacial score (nSPS) is 17.1. The number of nitrogens with zero attached hydrogens (tertiary/aromatic N) is 2. The van der Waals surface area contributed by atoms with Crippen LogP contribution in [0.5, 0.6) is 0 Å². The fraction of sp³-hybridized carbons (Fsp3) is 0.409. The molecule has 0 aliphatic carbocycles. The van der Waals surface area contributed by atoms with Crippen molar-refractivity contribution in [2.45, 2.75) is 38.6 Å². The zero-order chi connectivity index (χ0) is 22.2. The SMILES string of the molecule is Cc1cc(C)c(C)c(S(=O)(=O)N2CCN(C(C(N)=O)c3ccc(Cl)cc3)CC2)c1C. The molecule has 1 aliphatic rings. The molecule has 1 heterocycles. The molecule has 3 rings (SSSR count). The molecule has 1 atom stereocenters. The van der Waals surface area contributed by atoms with Gasteiger partial charge in [-0.2, -0.15) is 4.31 Å². The monoisotopic (exact) mass is 449 g/mol. The van der Waals surface area contributed by atoms with E-state index >= 15 is 0 Å². The van der Waals surface area contributed by atoms with Gasteiger partial charge in [-0.05, 0) is 67.6 Å². The molecule has 0 spiro atoms. The third kappa shape index (κ3) is 4.25. The average Bonchev–Trinajstić information content (AvgIpc) is 2.68. The molecule has 2 aromatic carbocycles. The Morgan fingerprint density at radius 3 is 1.93 bits per heavy atom. The first-order chi connectivity index (χ1) is 14.0. The van der Waals surface area contributed by atoms with Gasteiger partial charge in [0.05, 0.1) is 4.90 Å². The van der Waals surface area contributed by atoms with Crippen molar-refractivity contribution in [3.05, 3.63) is 63.2 Å². The fourth-order valence-corrected chi connectivity index (χ4v) is 6.22. The zero-order valence-electron chi connectivity index (χ0n) is 17.8. The van der Waals surface area contributed by atoms with E-state index in [1.54, 1.807) is 24.3 Å². The molecule has 1 saturated heterocycles. The number of primary amides is 1. The van der Waals surface area contributed by atoms with Crippen LogP contribution in [0.15, 0.2) is 35.2 Å². The maximum atomic E-state index is 13.5. The Morgan fingerprint density at radius 1 is 0.967 bits per heavy atom. The summed E-state index contributed by atoms with van der Waals surface area (Å²) in [6, 6.07) is 8.41. The molecule has 2 aromatic rings. The molecule has 6 nitrogen and oxygen atoms in total. The predicted octanol–water partition coefficient (Wildman–Crippen LogP) is 3.11. The number of benzene rings is 2. The first kappa shape index (κ1) is 22.7. The van der Waals surface area contributed by atoms with Crippen LogP contribution in [0.25, 0.3) is 0 Å². The van der Waals surface area contributed by atoms with Crippen molar-refractivity contribution >= 4 is 27.5 Å². The highest BCUT2D eigenvalue weighted by Crippen LogP contribution is 2.30. The maximum Gasteiger partial charge on any atom is 0.243 e. The quantitative estimate of drug-likeness (QED) is 0.760. The van der Waals surface area contributed by atoms with E-state index in [4.69, 9.17) is 17.3 Å². The van der Waals surface area contributed by atoms with E-state index in [9.17, 15) is 13.2 Å². The summed E-state index contributed by atoms with van der Waals surface area (Å²) in [5.41, 5.74) is 9.94. The minimum absolute atomic E-state index is 0.297. The molecular weight excluding hydrogens is 422 g/mol.